The lowest BCUT2D eigenvalue weighted by molar-refractivity contribution is -0.162. The van der Waals surface area contributed by atoms with Gasteiger partial charge in [0.15, 0.2) is 5.78 Å². The highest BCUT2D eigenvalue weighted by Crippen LogP contribution is 2.18. The highest BCUT2D eigenvalue weighted by Gasteiger charge is 2.32. The Morgan fingerprint density at radius 3 is 1.87 bits per heavy atom. The number of nitrogens with zero attached hydrogens (tertiary/aromatic N) is 4. The lowest BCUT2D eigenvalue weighted by Crippen LogP contribution is -2.51. The van der Waals surface area contributed by atoms with Crippen molar-refractivity contribution in [1.82, 2.24) is 24.9 Å². The summed E-state index contributed by atoms with van der Waals surface area (Å²) in [5, 5.41) is 2.39. The van der Waals surface area contributed by atoms with E-state index >= 15 is 0 Å². The molecule has 2 aliphatic rings. The first-order valence-corrected chi connectivity index (χ1v) is 17.9. The average molecular weight is 676 g/mol. The van der Waals surface area contributed by atoms with Gasteiger partial charge in [-0.1, -0.05) is 0 Å². The van der Waals surface area contributed by atoms with Crippen LogP contribution in [0.1, 0.15) is 74.1 Å². The van der Waals surface area contributed by atoms with E-state index in [0.29, 0.717) is 19.6 Å². The normalized spacial score (nSPS) is 22.7. The number of ether oxygens (including phenoxy) is 2. The zero-order valence-electron chi connectivity index (χ0n) is 28.9. The van der Waals surface area contributed by atoms with Gasteiger partial charge in [0.25, 0.3) is 10.1 Å². The topological polar surface area (TPSA) is 166 Å². The summed E-state index contributed by atoms with van der Waals surface area (Å²) in [6.45, 7) is 19.9. The molecular weight excluding hydrogens is 618 g/mol. The molecule has 2 heterocycles. The number of fused-ring (bicyclic) bond motifs is 3. The minimum atomic E-state index is -4.49. The highest BCUT2D eigenvalue weighted by atomic mass is 32.2. The van der Waals surface area contributed by atoms with E-state index in [4.69, 9.17) is 9.47 Å². The third kappa shape index (κ3) is 16.6. The van der Waals surface area contributed by atoms with Gasteiger partial charge in [-0.3, -0.25) is 33.5 Å². The quantitative estimate of drug-likeness (QED) is 0.234. The lowest BCUT2D eigenvalue weighted by atomic mass is 10.1. The number of Topliss-reactive ketones (excluding diaryl/α,β-unsaturated/α-hetero) is 1. The summed E-state index contributed by atoms with van der Waals surface area (Å²) in [7, 11) is -4.49. The van der Waals surface area contributed by atoms with Crippen LogP contribution in [0.15, 0.2) is 0 Å². The minimum absolute atomic E-state index is 0.112. The van der Waals surface area contributed by atoms with Crippen LogP contribution in [0, 0.1) is 0 Å². The zero-order chi connectivity index (χ0) is 34.7. The zero-order valence-corrected chi connectivity index (χ0v) is 29.7. The van der Waals surface area contributed by atoms with Gasteiger partial charge >= 0.3 is 11.9 Å². The summed E-state index contributed by atoms with van der Waals surface area (Å²) < 4.78 is 43.2. The number of carbonyl (C=O) groups is 4. The van der Waals surface area contributed by atoms with E-state index in [9.17, 15) is 32.1 Å². The van der Waals surface area contributed by atoms with Gasteiger partial charge in [-0.05, 0) is 80.8 Å². The van der Waals surface area contributed by atoms with Crippen LogP contribution in [0.4, 0.5) is 0 Å². The second-order valence-electron chi connectivity index (χ2n) is 14.4. The second-order valence-corrected chi connectivity index (χ2v) is 15.9. The van der Waals surface area contributed by atoms with E-state index in [1.165, 1.54) is 0 Å². The van der Waals surface area contributed by atoms with Crippen molar-refractivity contribution in [1.29, 1.82) is 0 Å². The Bertz CT molecular complexity index is 1140. The third-order valence-electron chi connectivity index (χ3n) is 7.78. The Kier molecular flexibility index (Phi) is 15.5. The van der Waals surface area contributed by atoms with Crippen LogP contribution in [-0.4, -0.2) is 157 Å². The Balaban J connectivity index is 2.15. The van der Waals surface area contributed by atoms with Crippen molar-refractivity contribution in [2.45, 2.75) is 97.4 Å². The number of amides is 1. The van der Waals surface area contributed by atoms with Crippen LogP contribution in [0.25, 0.3) is 0 Å². The minimum Gasteiger partial charge on any atom is -0.459 e. The molecule has 2 rings (SSSR count). The molecule has 1 amide bonds. The van der Waals surface area contributed by atoms with E-state index in [1.807, 2.05) is 20.8 Å². The van der Waals surface area contributed by atoms with Gasteiger partial charge in [-0.25, -0.2) is 0 Å². The van der Waals surface area contributed by atoms with E-state index in [2.05, 4.69) is 24.9 Å². The molecule has 14 nitrogen and oxygen atoms in total. The summed E-state index contributed by atoms with van der Waals surface area (Å²) in [6.07, 6.45) is 1.62. The van der Waals surface area contributed by atoms with Crippen molar-refractivity contribution < 1.29 is 41.6 Å². The molecule has 2 bridgehead atoms. The van der Waals surface area contributed by atoms with E-state index in [0.717, 1.165) is 65.6 Å². The number of carbonyl (C=O) groups excluding carboxylic acids is 4. The third-order valence-corrected chi connectivity index (χ3v) is 8.53. The Morgan fingerprint density at radius 2 is 1.33 bits per heavy atom. The molecule has 0 aliphatic carbocycles. The van der Waals surface area contributed by atoms with Crippen LogP contribution in [0.3, 0.4) is 0 Å². The predicted octanol–water partition coefficient (Wildman–Crippen LogP) is 0.796. The fourth-order valence-electron chi connectivity index (χ4n) is 5.60. The van der Waals surface area contributed by atoms with Crippen LogP contribution >= 0.6 is 0 Å². The molecule has 2 aliphatic heterocycles. The smallest absolute Gasteiger partial charge is 0.323 e. The van der Waals surface area contributed by atoms with Gasteiger partial charge < -0.3 is 24.6 Å². The fourth-order valence-corrected chi connectivity index (χ4v) is 6.34. The first kappa shape index (κ1) is 40.0. The number of esters is 2. The van der Waals surface area contributed by atoms with E-state index in [-0.39, 0.29) is 25.4 Å². The van der Waals surface area contributed by atoms with Crippen molar-refractivity contribution in [3.05, 3.63) is 0 Å². The molecule has 2 fully saturated rings. The summed E-state index contributed by atoms with van der Waals surface area (Å²) in [4.78, 5) is 59.8. The largest absolute Gasteiger partial charge is 0.459 e. The Labute approximate surface area is 275 Å². The molecule has 0 spiro atoms. The SMILES string of the molecule is CC(=O)[C@H](CS(=O)(=O)O)NC(=O)CC[C@H](C(=O)OC(C)(C)C)N1CCCN2CCN(CCCN(CC(=O)OC(C)(C)C)CC2)CC1. The maximum atomic E-state index is 13.5. The van der Waals surface area contributed by atoms with Gasteiger partial charge in [-0.15, -0.1) is 0 Å². The summed E-state index contributed by atoms with van der Waals surface area (Å²) in [6, 6.07) is -2.11. The van der Waals surface area contributed by atoms with Crippen LogP contribution in [-0.2, 0) is 38.8 Å². The summed E-state index contributed by atoms with van der Waals surface area (Å²) in [5.41, 5.74) is -1.27. The number of nitrogens with one attached hydrogen (secondary N) is 1. The molecule has 0 saturated carbocycles. The standard InChI is InChI=1S/C31H57N5O9S/c1-24(37)25(23-46(41,42)43)32-27(38)11-10-26(29(40)45-31(5,6)7)36-15-9-13-33-16-17-34(20-21-36)12-8-14-35(19-18-33)22-28(39)44-30(2,3)4/h25-26H,8-23H2,1-7H3,(H,32,38)(H,41,42,43)/t25-,26+/m0/s1. The first-order valence-electron chi connectivity index (χ1n) is 16.3. The van der Waals surface area contributed by atoms with Crippen molar-refractivity contribution >= 4 is 33.7 Å². The van der Waals surface area contributed by atoms with Crippen molar-refractivity contribution in [2.75, 3.05) is 77.7 Å². The lowest BCUT2D eigenvalue weighted by Gasteiger charge is -2.38. The molecule has 2 unspecified atom stereocenters. The number of hydrogen-bond acceptors (Lipinski definition) is 12. The maximum absolute atomic E-state index is 13.5. The average Bonchev–Trinajstić information content (AvgIpc) is 2.88. The van der Waals surface area contributed by atoms with Gasteiger partial charge in [0.2, 0.25) is 5.91 Å². The summed E-state index contributed by atoms with van der Waals surface area (Å²) in [5.74, 6) is -2.77. The first-order chi connectivity index (χ1) is 21.2. The van der Waals surface area contributed by atoms with E-state index < -0.39 is 56.8 Å². The second kappa shape index (κ2) is 17.8. The fraction of sp³-hybridized carbons (Fsp3) is 0.871. The molecule has 266 valence electrons. The van der Waals surface area contributed by atoms with E-state index in [1.54, 1.807) is 20.8 Å². The van der Waals surface area contributed by atoms with Gasteiger partial charge in [-0.2, -0.15) is 8.42 Å². The van der Waals surface area contributed by atoms with Gasteiger partial charge in [0, 0.05) is 58.8 Å². The van der Waals surface area contributed by atoms with Crippen molar-refractivity contribution in [2.24, 2.45) is 0 Å². The number of ketones is 1. The van der Waals surface area contributed by atoms with Gasteiger partial charge in [0.05, 0.1) is 6.54 Å². The van der Waals surface area contributed by atoms with Crippen LogP contribution < -0.4 is 5.32 Å². The maximum Gasteiger partial charge on any atom is 0.323 e. The molecule has 4 atom stereocenters. The number of rotatable bonds is 11. The van der Waals surface area contributed by atoms with Crippen LogP contribution in [0.5, 0.6) is 0 Å². The van der Waals surface area contributed by atoms with Crippen LogP contribution in [0.2, 0.25) is 0 Å². The number of hydrogen-bond donors (Lipinski definition) is 2. The Morgan fingerprint density at radius 1 is 0.783 bits per heavy atom. The monoisotopic (exact) mass is 675 g/mol. The van der Waals surface area contributed by atoms with Gasteiger partial charge in [0.1, 0.15) is 29.0 Å². The Hall–Kier alpha value is -2.17. The molecule has 2 N–H and O–H groups in total. The van der Waals surface area contributed by atoms with Crippen molar-refractivity contribution in [3.63, 3.8) is 0 Å². The molecular formula is C31H57N5O9S. The molecule has 46 heavy (non-hydrogen) atoms. The predicted molar refractivity (Wildman–Crippen MR) is 174 cm³/mol. The molecule has 0 aromatic carbocycles. The summed E-state index contributed by atoms with van der Waals surface area (Å²) >= 11 is 0. The molecule has 0 aromatic rings. The molecule has 15 heteroatoms. The van der Waals surface area contributed by atoms with Crippen molar-refractivity contribution in [3.8, 4) is 0 Å². The highest BCUT2D eigenvalue weighted by molar-refractivity contribution is 7.85. The molecule has 2 saturated heterocycles. The molecule has 0 aromatic heterocycles. The molecule has 0 radical (unpaired) electrons.